The fourth-order valence-corrected chi connectivity index (χ4v) is 5.03. The number of likely N-dealkylation sites (tertiary alicyclic amines) is 1. The first-order valence-electron chi connectivity index (χ1n) is 10.2. The van der Waals surface area contributed by atoms with E-state index in [-0.39, 0.29) is 11.6 Å². The minimum absolute atomic E-state index is 0.214. The number of ether oxygens (including phenoxy) is 1. The Morgan fingerprint density at radius 1 is 1.34 bits per heavy atom. The second kappa shape index (κ2) is 8.77. The van der Waals surface area contributed by atoms with Gasteiger partial charge in [0.1, 0.15) is 5.75 Å². The van der Waals surface area contributed by atoms with Crippen LogP contribution in [0, 0.1) is 19.3 Å². The highest BCUT2D eigenvalue weighted by Gasteiger charge is 2.30. The van der Waals surface area contributed by atoms with Crippen molar-refractivity contribution in [1.82, 2.24) is 10.2 Å². The number of hydrogen-bond donors (Lipinski definition) is 4. The van der Waals surface area contributed by atoms with Gasteiger partial charge in [0.25, 0.3) is 0 Å². The molecule has 0 saturated carbocycles. The summed E-state index contributed by atoms with van der Waals surface area (Å²) in [4.78, 5) is 7.66. The van der Waals surface area contributed by atoms with Crippen LogP contribution in [-0.2, 0) is 4.74 Å². The topological polar surface area (TPSA) is 93.0 Å². The van der Waals surface area contributed by atoms with E-state index in [0.717, 1.165) is 60.3 Å². The number of thioether (sulfide) groups is 1. The van der Waals surface area contributed by atoms with E-state index in [0.29, 0.717) is 17.8 Å². The molecule has 0 spiro atoms. The van der Waals surface area contributed by atoms with Crippen molar-refractivity contribution in [2.24, 2.45) is 4.99 Å². The number of aliphatic imine (C=N–C) groups is 1. The number of rotatable bonds is 4. The number of nitrogens with zero attached hydrogens (tertiary/aromatic N) is 2. The molecule has 29 heavy (non-hydrogen) atoms. The van der Waals surface area contributed by atoms with Gasteiger partial charge in [-0.05, 0) is 68.6 Å². The van der Waals surface area contributed by atoms with E-state index in [1.165, 1.54) is 18.2 Å². The van der Waals surface area contributed by atoms with Crippen molar-refractivity contribution >= 4 is 28.5 Å². The van der Waals surface area contributed by atoms with Crippen LogP contribution >= 0.6 is 11.8 Å². The summed E-state index contributed by atoms with van der Waals surface area (Å²) in [6.07, 6.45) is 5.16. The lowest BCUT2D eigenvalue weighted by Crippen LogP contribution is -2.50. The lowest BCUT2D eigenvalue weighted by molar-refractivity contribution is 0.117. The van der Waals surface area contributed by atoms with Crippen molar-refractivity contribution in [1.29, 1.82) is 5.41 Å². The summed E-state index contributed by atoms with van der Waals surface area (Å²) >= 11 is 1.47. The SMILES string of the molecule is Cc1cc(C)c(N/C=C2/SC(NC3CCCN(C4CCOC4)C3)=NC2=N)c(O)c1. The van der Waals surface area contributed by atoms with Gasteiger partial charge in [0.15, 0.2) is 11.0 Å². The van der Waals surface area contributed by atoms with E-state index in [1.54, 1.807) is 12.3 Å². The number of piperidine rings is 1. The summed E-state index contributed by atoms with van der Waals surface area (Å²) in [6, 6.07) is 4.64. The van der Waals surface area contributed by atoms with Gasteiger partial charge in [-0.3, -0.25) is 10.3 Å². The van der Waals surface area contributed by atoms with Crippen molar-refractivity contribution in [2.75, 3.05) is 31.6 Å². The fourth-order valence-electron chi connectivity index (χ4n) is 4.20. The van der Waals surface area contributed by atoms with Crippen molar-refractivity contribution in [2.45, 2.75) is 45.2 Å². The largest absolute Gasteiger partial charge is 0.506 e. The molecule has 1 aromatic carbocycles. The lowest BCUT2D eigenvalue weighted by Gasteiger charge is -2.36. The summed E-state index contributed by atoms with van der Waals surface area (Å²) < 4.78 is 5.54. The first kappa shape index (κ1) is 20.3. The van der Waals surface area contributed by atoms with E-state index in [4.69, 9.17) is 10.1 Å². The summed E-state index contributed by atoms with van der Waals surface area (Å²) in [6.45, 7) is 7.75. The maximum Gasteiger partial charge on any atom is 0.168 e. The van der Waals surface area contributed by atoms with Crippen LogP contribution in [0.3, 0.4) is 0 Å². The molecule has 2 unspecified atom stereocenters. The molecule has 0 bridgehead atoms. The second-order valence-corrected chi connectivity index (χ2v) is 9.02. The zero-order valence-corrected chi connectivity index (χ0v) is 17.8. The Morgan fingerprint density at radius 2 is 2.21 bits per heavy atom. The molecule has 2 atom stereocenters. The zero-order chi connectivity index (χ0) is 20.4. The zero-order valence-electron chi connectivity index (χ0n) is 17.0. The number of aromatic hydroxyl groups is 1. The highest BCUT2D eigenvalue weighted by Crippen LogP contribution is 2.31. The van der Waals surface area contributed by atoms with Gasteiger partial charge in [-0.25, -0.2) is 4.99 Å². The van der Waals surface area contributed by atoms with E-state index in [2.05, 4.69) is 20.5 Å². The first-order valence-corrected chi connectivity index (χ1v) is 11.0. The molecule has 8 heteroatoms. The molecule has 4 N–H and O–H groups in total. The molecule has 7 nitrogen and oxygen atoms in total. The van der Waals surface area contributed by atoms with Crippen LogP contribution in [0.25, 0.3) is 0 Å². The Hall–Kier alpha value is -2.03. The number of aryl methyl sites for hydroxylation is 2. The highest BCUT2D eigenvalue weighted by molar-refractivity contribution is 8.18. The Kier molecular flexibility index (Phi) is 6.12. The average Bonchev–Trinajstić information content (AvgIpc) is 3.31. The number of benzene rings is 1. The van der Waals surface area contributed by atoms with Crippen LogP contribution < -0.4 is 10.6 Å². The first-order chi connectivity index (χ1) is 14.0. The quantitative estimate of drug-likeness (QED) is 0.565. The lowest BCUT2D eigenvalue weighted by atomic mass is 10.0. The van der Waals surface area contributed by atoms with Crippen molar-refractivity contribution in [3.05, 3.63) is 34.4 Å². The van der Waals surface area contributed by atoms with Crippen LogP contribution in [-0.4, -0.2) is 59.4 Å². The van der Waals surface area contributed by atoms with Gasteiger partial charge in [-0.2, -0.15) is 0 Å². The molecule has 0 aromatic heterocycles. The molecule has 156 valence electrons. The normalized spacial score (nSPS) is 26.8. The van der Waals surface area contributed by atoms with Gasteiger partial charge in [0.05, 0.1) is 17.2 Å². The van der Waals surface area contributed by atoms with Gasteiger partial charge >= 0.3 is 0 Å². The molecule has 4 rings (SSSR count). The van der Waals surface area contributed by atoms with Gasteiger partial charge < -0.3 is 20.5 Å². The summed E-state index contributed by atoms with van der Waals surface area (Å²) in [5.41, 5.74) is 2.65. The van der Waals surface area contributed by atoms with Crippen LogP contribution in [0.2, 0.25) is 0 Å². The van der Waals surface area contributed by atoms with Crippen LogP contribution in [0.1, 0.15) is 30.4 Å². The predicted octanol–water partition coefficient (Wildman–Crippen LogP) is 3.19. The third-order valence-electron chi connectivity index (χ3n) is 5.66. The van der Waals surface area contributed by atoms with Gasteiger partial charge in [0.2, 0.25) is 0 Å². The minimum atomic E-state index is 0.214. The summed E-state index contributed by atoms with van der Waals surface area (Å²) in [7, 11) is 0. The van der Waals surface area contributed by atoms with Gasteiger partial charge in [-0.1, -0.05) is 6.07 Å². The Bertz CT molecular complexity index is 824. The smallest absolute Gasteiger partial charge is 0.168 e. The monoisotopic (exact) mass is 415 g/mol. The van der Waals surface area contributed by atoms with Crippen LogP contribution in [0.15, 0.2) is 28.2 Å². The van der Waals surface area contributed by atoms with Crippen LogP contribution in [0.4, 0.5) is 5.69 Å². The maximum atomic E-state index is 10.2. The molecule has 0 aliphatic carbocycles. The fraction of sp³-hybridized carbons (Fsp3) is 0.524. The Balaban J connectivity index is 1.35. The highest BCUT2D eigenvalue weighted by atomic mass is 32.2. The van der Waals surface area contributed by atoms with E-state index in [9.17, 15) is 5.11 Å². The number of hydrogen-bond acceptors (Lipinski definition) is 7. The summed E-state index contributed by atoms with van der Waals surface area (Å²) in [5.74, 6) is 0.456. The number of nitrogens with one attached hydrogen (secondary N) is 3. The van der Waals surface area contributed by atoms with Gasteiger partial charge in [-0.15, -0.1) is 0 Å². The third-order valence-corrected chi connectivity index (χ3v) is 6.60. The molecule has 0 radical (unpaired) electrons. The average molecular weight is 416 g/mol. The van der Waals surface area contributed by atoms with Crippen LogP contribution in [0.5, 0.6) is 5.75 Å². The maximum absolute atomic E-state index is 10.2. The van der Waals surface area contributed by atoms with E-state index < -0.39 is 0 Å². The van der Waals surface area contributed by atoms with Crippen molar-refractivity contribution < 1.29 is 9.84 Å². The number of amidine groups is 2. The molecule has 1 aromatic rings. The standard InChI is InChI=1S/C21H29N5O2S/c1-13-8-14(2)19(17(27)9-13)23-10-18-20(22)25-21(29-18)24-15-4-3-6-26(11-15)16-5-7-28-12-16/h8-10,15-16,23,27H,3-7,11-12H2,1-2H3,(H2,22,24,25)/b18-10+. The summed E-state index contributed by atoms with van der Waals surface area (Å²) in [5, 5.41) is 25.8. The Labute approximate surface area is 176 Å². The molecular weight excluding hydrogens is 386 g/mol. The Morgan fingerprint density at radius 3 is 2.97 bits per heavy atom. The molecule has 2 saturated heterocycles. The van der Waals surface area contributed by atoms with E-state index >= 15 is 0 Å². The molecular formula is C21H29N5O2S. The van der Waals surface area contributed by atoms with Gasteiger partial charge in [0, 0.05) is 31.4 Å². The number of phenolic OH excluding ortho intramolecular Hbond substituents is 1. The number of phenols is 1. The molecule has 3 aliphatic heterocycles. The minimum Gasteiger partial charge on any atom is -0.506 e. The molecule has 2 fully saturated rings. The molecule has 3 aliphatic rings. The second-order valence-electron chi connectivity index (χ2n) is 7.99. The van der Waals surface area contributed by atoms with Crippen molar-refractivity contribution in [3.63, 3.8) is 0 Å². The third kappa shape index (κ3) is 4.76. The van der Waals surface area contributed by atoms with Crippen molar-refractivity contribution in [3.8, 4) is 5.75 Å². The molecule has 3 heterocycles. The number of anilines is 1. The molecule has 0 amide bonds. The predicted molar refractivity (Wildman–Crippen MR) is 119 cm³/mol. The van der Waals surface area contributed by atoms with E-state index in [1.807, 2.05) is 19.9 Å².